The minimum atomic E-state index is -4.53. The van der Waals surface area contributed by atoms with E-state index in [1.54, 1.807) is 0 Å². The molecule has 2 saturated carbocycles. The van der Waals surface area contributed by atoms with Crippen molar-refractivity contribution in [1.82, 2.24) is 14.7 Å². The highest BCUT2D eigenvalue weighted by molar-refractivity contribution is 5.76. The molecule has 1 aromatic carbocycles. The number of nitrogens with zero attached hydrogens (tertiary/aromatic N) is 3. The fourth-order valence-corrected chi connectivity index (χ4v) is 6.05. The second-order valence-electron chi connectivity index (χ2n) is 11.3. The summed E-state index contributed by atoms with van der Waals surface area (Å²) in [6.45, 7) is 7.72. The maximum Gasteiger partial charge on any atom is 0.522 e. The minimum Gasteiger partial charge on any atom is -0.343 e. The molecule has 0 bridgehead atoms. The lowest BCUT2D eigenvalue weighted by Crippen LogP contribution is -2.52. The van der Waals surface area contributed by atoms with Gasteiger partial charge >= 0.3 is 6.36 Å². The van der Waals surface area contributed by atoms with E-state index in [4.69, 9.17) is 0 Å². The van der Waals surface area contributed by atoms with Gasteiger partial charge in [-0.3, -0.25) is 19.2 Å². The van der Waals surface area contributed by atoms with E-state index in [0.29, 0.717) is 24.8 Å². The normalized spacial score (nSPS) is 23.8. The average Bonchev–Trinajstić information content (AvgIpc) is 3.28. The van der Waals surface area contributed by atoms with Gasteiger partial charge in [0.25, 0.3) is 0 Å². The highest BCUT2D eigenvalue weighted by Crippen LogP contribution is 2.48. The van der Waals surface area contributed by atoms with E-state index < -0.39 is 12.5 Å². The van der Waals surface area contributed by atoms with Gasteiger partial charge in [0.05, 0.1) is 6.10 Å². The van der Waals surface area contributed by atoms with Crippen LogP contribution >= 0.6 is 0 Å². The number of alkyl halides is 3. The van der Waals surface area contributed by atoms with Crippen molar-refractivity contribution in [2.24, 2.45) is 0 Å². The third-order valence-electron chi connectivity index (χ3n) is 8.51. The van der Waals surface area contributed by atoms with Crippen LogP contribution < -0.4 is 0 Å². The molecule has 2 aliphatic carbocycles. The number of likely N-dealkylation sites (tertiary alicyclic amines) is 2. The first-order valence-electron chi connectivity index (χ1n) is 14.7. The van der Waals surface area contributed by atoms with Crippen LogP contribution in [0.15, 0.2) is 36.4 Å². The van der Waals surface area contributed by atoms with Crippen LogP contribution in [-0.2, 0) is 14.3 Å². The topological polar surface area (TPSA) is 53.1 Å². The van der Waals surface area contributed by atoms with Gasteiger partial charge in [0.15, 0.2) is 0 Å². The second-order valence-corrected chi connectivity index (χ2v) is 11.3. The lowest BCUT2D eigenvalue weighted by molar-refractivity contribution is -0.354. The second kappa shape index (κ2) is 15.0. The third kappa shape index (κ3) is 10.1. The van der Waals surface area contributed by atoms with E-state index in [1.165, 1.54) is 25.7 Å². The standard InChI is InChI=1S/C17H29F3N2O2.C7H11NO.C6H6/c1-3-22(14-11-15(12-14)24-17(18,19)20)13(2)7-6-8-16(23)21-9-4-5-10-21;9-6-8-5-1-2-7(8)3-4-7;1-2-4-6-5-3-1/h13-15H,3-12H2,1-2H3;6H,1-5H2;1-6H. The Morgan fingerprint density at radius 3 is 2.08 bits per heavy atom. The Morgan fingerprint density at radius 1 is 1.03 bits per heavy atom. The summed E-state index contributed by atoms with van der Waals surface area (Å²) in [4.78, 5) is 28.6. The number of hydrogen-bond donors (Lipinski definition) is 0. The fourth-order valence-electron chi connectivity index (χ4n) is 6.05. The molecule has 1 aromatic rings. The van der Waals surface area contributed by atoms with Crippen LogP contribution in [0, 0.1) is 0 Å². The molecule has 4 fully saturated rings. The molecule has 39 heavy (non-hydrogen) atoms. The molecule has 220 valence electrons. The summed E-state index contributed by atoms with van der Waals surface area (Å²) in [5.74, 6) is 0.241. The van der Waals surface area contributed by atoms with Gasteiger partial charge in [-0.1, -0.05) is 43.3 Å². The third-order valence-corrected chi connectivity index (χ3v) is 8.51. The summed E-state index contributed by atoms with van der Waals surface area (Å²) in [5, 5.41) is 0. The van der Waals surface area contributed by atoms with E-state index >= 15 is 0 Å². The monoisotopic (exact) mass is 553 g/mol. The number of ether oxygens (including phenoxy) is 1. The molecular formula is C30H46F3N3O3. The van der Waals surface area contributed by atoms with Crippen LogP contribution in [-0.4, -0.2) is 83.3 Å². The first-order valence-corrected chi connectivity index (χ1v) is 14.7. The molecule has 5 rings (SSSR count). The number of carbonyl (C=O) groups is 2. The molecule has 6 nitrogen and oxygen atoms in total. The Hall–Kier alpha value is -2.13. The van der Waals surface area contributed by atoms with Gasteiger partial charge in [0.1, 0.15) is 0 Å². The van der Waals surface area contributed by atoms with Crippen LogP contribution in [0.3, 0.4) is 0 Å². The number of carbonyl (C=O) groups excluding carboxylic acids is 2. The van der Waals surface area contributed by atoms with Crippen LogP contribution in [0.2, 0.25) is 0 Å². The SMILES string of the molecule is CCN(C(C)CCCC(=O)N1CCCC1)C1CC(OC(F)(F)F)C1.O=CN1CCCC12CC2.c1ccccc1. The van der Waals surface area contributed by atoms with Crippen molar-refractivity contribution in [3.05, 3.63) is 36.4 Å². The predicted molar refractivity (Wildman–Crippen MR) is 146 cm³/mol. The van der Waals surface area contributed by atoms with Gasteiger partial charge < -0.3 is 9.80 Å². The van der Waals surface area contributed by atoms with Gasteiger partial charge in [0.2, 0.25) is 12.3 Å². The Bertz CT molecular complexity index is 827. The number of rotatable bonds is 9. The number of amides is 2. The average molecular weight is 554 g/mol. The maximum absolute atomic E-state index is 12.2. The summed E-state index contributed by atoms with van der Waals surface area (Å²) in [6.07, 6.45) is 6.16. The van der Waals surface area contributed by atoms with E-state index in [9.17, 15) is 22.8 Å². The predicted octanol–water partition coefficient (Wildman–Crippen LogP) is 6.01. The van der Waals surface area contributed by atoms with E-state index in [-0.39, 0.29) is 18.0 Å². The Kier molecular flexibility index (Phi) is 12.1. The molecule has 9 heteroatoms. The molecule has 1 atom stereocenters. The summed E-state index contributed by atoms with van der Waals surface area (Å²) in [6, 6.07) is 12.4. The molecular weight excluding hydrogens is 507 g/mol. The van der Waals surface area contributed by atoms with Crippen molar-refractivity contribution in [3.63, 3.8) is 0 Å². The number of hydrogen-bond acceptors (Lipinski definition) is 4. The van der Waals surface area contributed by atoms with Gasteiger partial charge in [-0.05, 0) is 77.7 Å². The van der Waals surface area contributed by atoms with E-state index in [0.717, 1.165) is 58.3 Å². The van der Waals surface area contributed by atoms with Crippen LogP contribution in [0.4, 0.5) is 13.2 Å². The zero-order chi connectivity index (χ0) is 28.3. The van der Waals surface area contributed by atoms with Crippen LogP contribution in [0.25, 0.3) is 0 Å². The van der Waals surface area contributed by atoms with Gasteiger partial charge in [-0.15, -0.1) is 13.2 Å². The Balaban J connectivity index is 0.000000224. The lowest BCUT2D eigenvalue weighted by atomic mass is 9.86. The maximum atomic E-state index is 12.2. The van der Waals surface area contributed by atoms with Crippen LogP contribution in [0.5, 0.6) is 0 Å². The molecule has 0 radical (unpaired) electrons. The quantitative estimate of drug-likeness (QED) is 0.351. The van der Waals surface area contributed by atoms with Gasteiger partial charge in [-0.25, -0.2) is 0 Å². The fraction of sp³-hybridized carbons (Fsp3) is 0.733. The van der Waals surface area contributed by atoms with Crippen molar-refractivity contribution in [2.75, 3.05) is 26.2 Å². The molecule has 0 aromatic heterocycles. The molecule has 1 unspecified atom stereocenters. The Labute approximate surface area is 231 Å². The highest BCUT2D eigenvalue weighted by atomic mass is 19.4. The molecule has 1 spiro atoms. The first-order chi connectivity index (χ1) is 18.7. The smallest absolute Gasteiger partial charge is 0.343 e. The van der Waals surface area contributed by atoms with E-state index in [2.05, 4.69) is 16.6 Å². The lowest BCUT2D eigenvalue weighted by Gasteiger charge is -2.45. The van der Waals surface area contributed by atoms with Gasteiger partial charge in [-0.2, -0.15) is 0 Å². The minimum absolute atomic E-state index is 0.159. The Morgan fingerprint density at radius 2 is 1.62 bits per heavy atom. The van der Waals surface area contributed by atoms with Gasteiger partial charge in [0, 0.05) is 43.7 Å². The molecule has 2 aliphatic heterocycles. The number of halogens is 3. The van der Waals surface area contributed by atoms with Crippen molar-refractivity contribution in [3.8, 4) is 0 Å². The zero-order valence-corrected chi connectivity index (χ0v) is 23.6. The molecule has 2 heterocycles. The highest BCUT2D eigenvalue weighted by Gasteiger charge is 2.50. The molecule has 2 saturated heterocycles. The summed E-state index contributed by atoms with van der Waals surface area (Å²) >= 11 is 0. The van der Waals surface area contributed by atoms with Crippen LogP contribution in [0.1, 0.15) is 84.5 Å². The molecule has 0 N–H and O–H groups in total. The van der Waals surface area contributed by atoms with Crippen molar-refractivity contribution in [1.29, 1.82) is 0 Å². The zero-order valence-electron chi connectivity index (χ0n) is 23.6. The van der Waals surface area contributed by atoms with Crippen molar-refractivity contribution < 1.29 is 27.5 Å². The summed E-state index contributed by atoms with van der Waals surface area (Å²) in [7, 11) is 0. The summed E-state index contributed by atoms with van der Waals surface area (Å²) < 4.78 is 40.7. The summed E-state index contributed by atoms with van der Waals surface area (Å²) in [5.41, 5.74) is 0.377. The number of benzene rings is 1. The molecule has 4 aliphatic rings. The first kappa shape index (κ1) is 31.4. The van der Waals surface area contributed by atoms with Crippen molar-refractivity contribution in [2.45, 2.75) is 115 Å². The molecule has 2 amide bonds. The van der Waals surface area contributed by atoms with E-state index in [1.807, 2.05) is 53.1 Å². The largest absolute Gasteiger partial charge is 0.522 e. The van der Waals surface area contributed by atoms with Crippen molar-refractivity contribution >= 4 is 12.3 Å².